The highest BCUT2D eigenvalue weighted by atomic mass is 32.2. The third kappa shape index (κ3) is 4.98. The number of hydrogen-bond acceptors (Lipinski definition) is 7. The Morgan fingerprint density at radius 2 is 1.83 bits per heavy atom. The van der Waals surface area contributed by atoms with Gasteiger partial charge in [-0.1, -0.05) is 12.1 Å². The fraction of sp³-hybridized carbons (Fsp3) is 0.320. The number of sulfonamides is 1. The molecule has 10 heteroatoms. The molecule has 0 atom stereocenters. The fourth-order valence-electron chi connectivity index (χ4n) is 4.46. The van der Waals surface area contributed by atoms with Gasteiger partial charge in [-0.25, -0.2) is 8.42 Å². The van der Waals surface area contributed by atoms with Gasteiger partial charge in [0, 0.05) is 43.5 Å². The zero-order valence-electron chi connectivity index (χ0n) is 19.5. The molecule has 0 saturated carbocycles. The number of carbonyl (C=O) groups is 1. The Kier molecular flexibility index (Phi) is 6.40. The first-order valence-electron chi connectivity index (χ1n) is 11.6. The number of benzene rings is 2. The number of carbonyl (C=O) groups excluding carboxylic acids is 1. The van der Waals surface area contributed by atoms with Gasteiger partial charge in [0.2, 0.25) is 5.91 Å². The average molecular weight is 494 g/mol. The van der Waals surface area contributed by atoms with Crippen molar-refractivity contribution in [3.63, 3.8) is 0 Å². The number of nitrogens with one attached hydrogen (secondary N) is 1. The van der Waals surface area contributed by atoms with Crippen LogP contribution in [0.15, 0.2) is 59.5 Å². The van der Waals surface area contributed by atoms with E-state index in [2.05, 4.69) is 19.8 Å². The molecule has 0 radical (unpaired) electrons. The summed E-state index contributed by atoms with van der Waals surface area (Å²) in [7, 11) is -3.81. The summed E-state index contributed by atoms with van der Waals surface area (Å²) in [6.07, 6.45) is 1.54. The van der Waals surface area contributed by atoms with Crippen LogP contribution in [0.25, 0.3) is 11.3 Å². The predicted molar refractivity (Wildman–Crippen MR) is 134 cm³/mol. The number of hydrogen-bond donors (Lipinski definition) is 1. The van der Waals surface area contributed by atoms with E-state index in [0.29, 0.717) is 31.1 Å². The molecule has 35 heavy (non-hydrogen) atoms. The van der Waals surface area contributed by atoms with Gasteiger partial charge in [0.1, 0.15) is 0 Å². The van der Waals surface area contributed by atoms with Gasteiger partial charge < -0.3 is 14.5 Å². The van der Waals surface area contributed by atoms with E-state index in [0.717, 1.165) is 48.6 Å². The second kappa shape index (κ2) is 9.63. The first kappa shape index (κ1) is 23.3. The van der Waals surface area contributed by atoms with Crippen LogP contribution in [0.3, 0.4) is 0 Å². The van der Waals surface area contributed by atoms with E-state index in [4.69, 9.17) is 4.74 Å². The van der Waals surface area contributed by atoms with Crippen LogP contribution in [0.1, 0.15) is 18.9 Å². The maximum atomic E-state index is 13.1. The van der Waals surface area contributed by atoms with Gasteiger partial charge in [0.25, 0.3) is 10.0 Å². The number of anilines is 3. The molecule has 1 aromatic heterocycles. The molecule has 0 aliphatic carbocycles. The maximum absolute atomic E-state index is 13.1. The number of amides is 1. The maximum Gasteiger partial charge on any atom is 0.261 e. The summed E-state index contributed by atoms with van der Waals surface area (Å²) in [5, 5.41) is 8.69. The summed E-state index contributed by atoms with van der Waals surface area (Å²) in [5.74, 6) is 0.752. The minimum Gasteiger partial charge on any atom is -0.378 e. The summed E-state index contributed by atoms with van der Waals surface area (Å²) < 4.78 is 34.3. The Balaban J connectivity index is 1.35. The van der Waals surface area contributed by atoms with Crippen LogP contribution >= 0.6 is 0 Å². The van der Waals surface area contributed by atoms with Crippen LogP contribution in [0.2, 0.25) is 0 Å². The van der Waals surface area contributed by atoms with E-state index < -0.39 is 10.0 Å². The van der Waals surface area contributed by atoms with E-state index in [9.17, 15) is 13.2 Å². The van der Waals surface area contributed by atoms with Gasteiger partial charge in [-0.2, -0.15) is 0 Å². The second-order valence-corrected chi connectivity index (χ2v) is 10.3. The molecule has 9 nitrogen and oxygen atoms in total. The van der Waals surface area contributed by atoms with Crippen LogP contribution in [-0.2, 0) is 26.0 Å². The van der Waals surface area contributed by atoms with Crippen molar-refractivity contribution in [2.45, 2.75) is 24.7 Å². The molecule has 182 valence electrons. The Morgan fingerprint density at radius 3 is 2.57 bits per heavy atom. The van der Waals surface area contributed by atoms with Gasteiger partial charge in [0.05, 0.1) is 23.8 Å². The van der Waals surface area contributed by atoms with E-state index in [1.165, 1.54) is 6.92 Å². The highest BCUT2D eigenvalue weighted by Crippen LogP contribution is 2.30. The number of fused-ring (bicyclic) bond motifs is 1. The number of aromatic nitrogens is 2. The summed E-state index contributed by atoms with van der Waals surface area (Å²) in [6, 6.07) is 15.8. The van der Waals surface area contributed by atoms with Crippen LogP contribution in [0.4, 0.5) is 17.2 Å². The molecular weight excluding hydrogens is 466 g/mol. The molecule has 2 aliphatic heterocycles. The third-order valence-corrected chi connectivity index (χ3v) is 7.64. The Morgan fingerprint density at radius 1 is 1.00 bits per heavy atom. The van der Waals surface area contributed by atoms with Crippen molar-refractivity contribution in [1.29, 1.82) is 0 Å². The minimum absolute atomic E-state index is 0.0439. The number of morpholine rings is 1. The summed E-state index contributed by atoms with van der Waals surface area (Å²) in [4.78, 5) is 15.9. The van der Waals surface area contributed by atoms with Crippen LogP contribution in [0.5, 0.6) is 0 Å². The molecule has 3 heterocycles. The van der Waals surface area contributed by atoms with Crippen LogP contribution in [-0.4, -0.2) is 57.4 Å². The molecular formula is C25H27N5O4S. The van der Waals surface area contributed by atoms with E-state index in [1.807, 2.05) is 18.2 Å². The zero-order valence-corrected chi connectivity index (χ0v) is 20.3. The molecule has 0 spiro atoms. The third-order valence-electron chi connectivity index (χ3n) is 6.26. The van der Waals surface area contributed by atoms with Gasteiger partial charge in [0.15, 0.2) is 5.82 Å². The largest absolute Gasteiger partial charge is 0.378 e. The van der Waals surface area contributed by atoms with Gasteiger partial charge in [-0.3, -0.25) is 9.52 Å². The van der Waals surface area contributed by atoms with Crippen molar-refractivity contribution in [2.75, 3.05) is 47.4 Å². The fourth-order valence-corrected chi connectivity index (χ4v) is 5.56. The quantitative estimate of drug-likeness (QED) is 0.582. The zero-order chi connectivity index (χ0) is 24.4. The highest BCUT2D eigenvalue weighted by Gasteiger charge is 2.23. The van der Waals surface area contributed by atoms with Crippen molar-refractivity contribution in [2.24, 2.45) is 0 Å². The van der Waals surface area contributed by atoms with Crippen molar-refractivity contribution in [1.82, 2.24) is 10.2 Å². The van der Waals surface area contributed by atoms with E-state index in [1.54, 1.807) is 41.3 Å². The number of ether oxygens (including phenoxy) is 1. The van der Waals surface area contributed by atoms with Gasteiger partial charge >= 0.3 is 0 Å². The molecule has 0 bridgehead atoms. The molecule has 1 saturated heterocycles. The van der Waals surface area contributed by atoms with Gasteiger partial charge in [-0.05, 0) is 60.9 Å². The van der Waals surface area contributed by atoms with Gasteiger partial charge in [-0.15, -0.1) is 10.2 Å². The molecule has 0 unspecified atom stereocenters. The van der Waals surface area contributed by atoms with Crippen molar-refractivity contribution < 1.29 is 17.9 Å². The molecule has 1 amide bonds. The molecule has 2 aromatic carbocycles. The van der Waals surface area contributed by atoms with Crippen LogP contribution in [0, 0.1) is 0 Å². The minimum atomic E-state index is -3.81. The summed E-state index contributed by atoms with van der Waals surface area (Å²) >= 11 is 0. The summed E-state index contributed by atoms with van der Waals surface area (Å²) in [6.45, 7) is 5.07. The molecule has 1 fully saturated rings. The van der Waals surface area contributed by atoms with Crippen molar-refractivity contribution >= 4 is 33.1 Å². The second-order valence-electron chi connectivity index (χ2n) is 8.63. The number of aryl methyl sites for hydroxylation is 1. The smallest absolute Gasteiger partial charge is 0.261 e. The molecule has 3 aromatic rings. The SMILES string of the molecule is CC(=O)N1CCCc2cc(S(=O)(=O)Nc3cccc(-c4ccc(N5CCOCC5)nn4)c3)ccc21. The summed E-state index contributed by atoms with van der Waals surface area (Å²) in [5.41, 5.74) is 3.49. The highest BCUT2D eigenvalue weighted by molar-refractivity contribution is 7.92. The number of nitrogens with zero attached hydrogens (tertiary/aromatic N) is 4. The Bertz CT molecular complexity index is 1340. The van der Waals surface area contributed by atoms with Crippen molar-refractivity contribution in [3.05, 3.63) is 60.2 Å². The lowest BCUT2D eigenvalue weighted by Gasteiger charge is -2.28. The Hall–Kier alpha value is -3.50. The topological polar surface area (TPSA) is 105 Å². The normalized spacial score (nSPS) is 16.0. The monoisotopic (exact) mass is 493 g/mol. The molecule has 5 rings (SSSR count). The van der Waals surface area contributed by atoms with Crippen molar-refractivity contribution in [3.8, 4) is 11.3 Å². The van der Waals surface area contributed by atoms with Crippen LogP contribution < -0.4 is 14.5 Å². The first-order chi connectivity index (χ1) is 16.9. The first-order valence-corrected chi connectivity index (χ1v) is 13.1. The van der Waals surface area contributed by atoms with E-state index in [-0.39, 0.29) is 10.8 Å². The van der Waals surface area contributed by atoms with E-state index >= 15 is 0 Å². The molecule has 1 N–H and O–H groups in total. The standard InChI is InChI=1S/C25H27N5O4S/c1-18(31)30-11-3-5-20-17-22(7-9-24(20)30)35(32,33)28-21-6-2-4-19(16-21)23-8-10-25(27-26-23)29-12-14-34-15-13-29/h2,4,6-10,16-17,28H,3,5,11-15H2,1H3. The Labute approximate surface area is 204 Å². The number of rotatable bonds is 5. The lowest BCUT2D eigenvalue weighted by Crippen LogP contribution is -2.36. The lowest BCUT2D eigenvalue weighted by atomic mass is 10.0. The molecule has 2 aliphatic rings. The lowest BCUT2D eigenvalue weighted by molar-refractivity contribution is -0.116. The predicted octanol–water partition coefficient (Wildman–Crippen LogP) is 3.08. The average Bonchev–Trinajstić information content (AvgIpc) is 2.88.